The van der Waals surface area contributed by atoms with Gasteiger partial charge in [0, 0.05) is 13.1 Å². The third kappa shape index (κ3) is 5.30. The molecule has 2 aromatic carbocycles. The van der Waals surface area contributed by atoms with Crippen molar-refractivity contribution in [1.29, 1.82) is 0 Å². The van der Waals surface area contributed by atoms with Crippen LogP contribution in [0.25, 0.3) is 0 Å². The standard InChI is InChI=1S/C17H22NSi.Li/c1-19(2,3)18(14-16-10-6-4-7-11-16)15-17-12-8-5-9-13-17;/h4-13H,1,14-15H2,2-3H3;/q-1;+1. The Morgan fingerprint density at radius 3 is 1.45 bits per heavy atom. The van der Waals surface area contributed by atoms with Crippen LogP contribution in [0.4, 0.5) is 0 Å². The summed E-state index contributed by atoms with van der Waals surface area (Å²) >= 11 is 0. The van der Waals surface area contributed by atoms with Crippen LogP contribution in [0.5, 0.6) is 0 Å². The van der Waals surface area contributed by atoms with Crippen LogP contribution >= 0.6 is 0 Å². The van der Waals surface area contributed by atoms with Crippen molar-refractivity contribution in [1.82, 2.24) is 4.57 Å². The smallest absolute Gasteiger partial charge is 0.344 e. The molecular weight excluding hydrogens is 253 g/mol. The van der Waals surface area contributed by atoms with E-state index in [0.717, 1.165) is 13.1 Å². The van der Waals surface area contributed by atoms with Gasteiger partial charge in [0.25, 0.3) is 0 Å². The van der Waals surface area contributed by atoms with Gasteiger partial charge in [-0.3, -0.25) is 0 Å². The fourth-order valence-corrected chi connectivity index (χ4v) is 3.31. The maximum atomic E-state index is 4.43. The zero-order valence-corrected chi connectivity index (χ0v) is 13.8. The minimum absolute atomic E-state index is 0. The van der Waals surface area contributed by atoms with E-state index in [1.54, 1.807) is 0 Å². The van der Waals surface area contributed by atoms with Crippen molar-refractivity contribution in [3.8, 4) is 0 Å². The molecule has 0 heterocycles. The maximum absolute atomic E-state index is 4.43. The first kappa shape index (κ1) is 17.3. The Labute approximate surface area is 136 Å². The van der Waals surface area contributed by atoms with Gasteiger partial charge in [0.15, 0.2) is 0 Å². The SMILES string of the molecule is [CH2-][Si](C)(C)N(Cc1ccccc1)Cc1ccccc1.[Li+]. The minimum atomic E-state index is -1.57. The first-order chi connectivity index (χ1) is 9.05. The molecule has 0 spiro atoms. The van der Waals surface area contributed by atoms with Gasteiger partial charge in [-0.2, -0.15) is 0 Å². The normalized spacial score (nSPS) is 11.2. The van der Waals surface area contributed by atoms with Crippen molar-refractivity contribution >= 4 is 8.24 Å². The molecule has 2 rings (SSSR count). The molecule has 1 nitrogen and oxygen atoms in total. The van der Waals surface area contributed by atoms with Crippen LogP contribution in [0, 0.1) is 6.55 Å². The summed E-state index contributed by atoms with van der Waals surface area (Å²) in [5.41, 5.74) is 2.73. The maximum Gasteiger partial charge on any atom is 1.00 e. The minimum Gasteiger partial charge on any atom is -0.344 e. The Morgan fingerprint density at radius 2 is 1.15 bits per heavy atom. The van der Waals surface area contributed by atoms with Crippen molar-refractivity contribution in [3.63, 3.8) is 0 Å². The third-order valence-electron chi connectivity index (χ3n) is 3.29. The molecule has 20 heavy (non-hydrogen) atoms. The molecule has 0 saturated carbocycles. The molecule has 0 bridgehead atoms. The molecule has 0 atom stereocenters. The van der Waals surface area contributed by atoms with Gasteiger partial charge in [0.2, 0.25) is 0 Å². The molecular formula is C17H22LiNSi. The van der Waals surface area contributed by atoms with Gasteiger partial charge in [-0.1, -0.05) is 73.8 Å². The molecule has 100 valence electrons. The monoisotopic (exact) mass is 275 g/mol. The van der Waals surface area contributed by atoms with Crippen molar-refractivity contribution in [3.05, 3.63) is 78.3 Å². The summed E-state index contributed by atoms with van der Waals surface area (Å²) in [6.07, 6.45) is 0. The summed E-state index contributed by atoms with van der Waals surface area (Å²) in [6.45, 7) is 11.0. The van der Waals surface area contributed by atoms with E-state index in [9.17, 15) is 0 Å². The number of hydrogen-bond donors (Lipinski definition) is 0. The molecule has 3 heteroatoms. The van der Waals surface area contributed by atoms with Crippen LogP contribution in [0.15, 0.2) is 60.7 Å². The van der Waals surface area contributed by atoms with E-state index in [1.807, 2.05) is 0 Å². The number of hydrogen-bond acceptors (Lipinski definition) is 1. The van der Waals surface area contributed by atoms with Gasteiger partial charge in [0.05, 0.1) is 0 Å². The first-order valence-electron chi connectivity index (χ1n) is 6.74. The van der Waals surface area contributed by atoms with Crippen molar-refractivity contribution in [2.24, 2.45) is 0 Å². The second-order valence-corrected chi connectivity index (χ2v) is 9.90. The molecule has 0 aliphatic heterocycles. The van der Waals surface area contributed by atoms with Crippen molar-refractivity contribution in [2.45, 2.75) is 26.2 Å². The molecule has 0 aromatic heterocycles. The van der Waals surface area contributed by atoms with Crippen LogP contribution in [-0.2, 0) is 13.1 Å². The van der Waals surface area contributed by atoms with Gasteiger partial charge < -0.3 is 11.1 Å². The second kappa shape index (κ2) is 7.85. The topological polar surface area (TPSA) is 3.24 Å². The predicted octanol–water partition coefficient (Wildman–Crippen LogP) is 1.27. The fraction of sp³-hybridized carbons (Fsp3) is 0.235. The van der Waals surface area contributed by atoms with E-state index < -0.39 is 8.24 Å². The first-order valence-corrected chi connectivity index (χ1v) is 9.89. The van der Waals surface area contributed by atoms with Gasteiger partial charge in [-0.15, -0.1) is 0 Å². The predicted molar refractivity (Wildman–Crippen MR) is 85.0 cm³/mol. The molecule has 0 radical (unpaired) electrons. The Balaban J connectivity index is 0.00000200. The third-order valence-corrected chi connectivity index (χ3v) is 5.32. The van der Waals surface area contributed by atoms with Crippen LogP contribution in [0.1, 0.15) is 11.1 Å². The second-order valence-electron chi connectivity index (χ2n) is 5.64. The van der Waals surface area contributed by atoms with Crippen LogP contribution in [0.2, 0.25) is 13.1 Å². The summed E-state index contributed by atoms with van der Waals surface area (Å²) in [7, 11) is -1.57. The molecule has 0 fully saturated rings. The van der Waals surface area contributed by atoms with Gasteiger partial charge >= 0.3 is 18.9 Å². The molecule has 0 amide bonds. The Hall–Kier alpha value is -0.786. The fourth-order valence-electron chi connectivity index (χ4n) is 2.09. The van der Waals surface area contributed by atoms with E-state index in [0.29, 0.717) is 0 Å². The number of nitrogens with zero attached hydrogens (tertiary/aromatic N) is 1. The summed E-state index contributed by atoms with van der Waals surface area (Å²) in [6, 6.07) is 21.3. The summed E-state index contributed by atoms with van der Waals surface area (Å²) in [5.74, 6) is 0. The Bertz CT molecular complexity index is 452. The molecule has 0 saturated heterocycles. The zero-order chi connectivity index (χ0) is 13.7. The van der Waals surface area contributed by atoms with Gasteiger partial charge in [-0.05, 0) is 19.4 Å². The zero-order valence-electron chi connectivity index (χ0n) is 12.8. The molecule has 0 aliphatic carbocycles. The summed E-state index contributed by atoms with van der Waals surface area (Å²) in [4.78, 5) is 0. The molecule has 2 aromatic rings. The van der Waals surface area contributed by atoms with E-state index >= 15 is 0 Å². The van der Waals surface area contributed by atoms with Crippen molar-refractivity contribution < 1.29 is 18.9 Å². The van der Waals surface area contributed by atoms with E-state index in [4.69, 9.17) is 0 Å². The van der Waals surface area contributed by atoms with Crippen LogP contribution in [-0.4, -0.2) is 12.8 Å². The largest absolute Gasteiger partial charge is 1.00 e. The van der Waals surface area contributed by atoms with Crippen molar-refractivity contribution in [2.75, 3.05) is 0 Å². The average Bonchev–Trinajstić information content (AvgIpc) is 2.39. The molecule has 0 unspecified atom stereocenters. The summed E-state index contributed by atoms with van der Waals surface area (Å²) in [5, 5.41) is 0. The van der Waals surface area contributed by atoms with E-state index in [2.05, 4.69) is 84.9 Å². The average molecular weight is 275 g/mol. The Kier molecular flexibility index (Phi) is 6.78. The quantitative estimate of drug-likeness (QED) is 0.587. The molecule has 0 N–H and O–H groups in total. The van der Waals surface area contributed by atoms with E-state index in [1.165, 1.54) is 11.1 Å². The van der Waals surface area contributed by atoms with E-state index in [-0.39, 0.29) is 18.9 Å². The molecule has 0 aliphatic rings. The summed E-state index contributed by atoms with van der Waals surface area (Å²) < 4.78 is 2.54. The van der Waals surface area contributed by atoms with Gasteiger partial charge in [0.1, 0.15) is 0 Å². The van der Waals surface area contributed by atoms with Crippen LogP contribution in [0.3, 0.4) is 0 Å². The number of rotatable bonds is 5. The van der Waals surface area contributed by atoms with Crippen LogP contribution < -0.4 is 18.9 Å². The number of benzene rings is 2. The van der Waals surface area contributed by atoms with Gasteiger partial charge in [-0.25, -0.2) is 0 Å². The Morgan fingerprint density at radius 1 is 0.800 bits per heavy atom.